The Hall–Kier alpha value is -1.83. The van der Waals surface area contributed by atoms with Gasteiger partial charge < -0.3 is 15.7 Å². The number of nitrogen functional groups attached to an aromatic ring is 1. The highest BCUT2D eigenvalue weighted by atomic mass is 19.4. The van der Waals surface area contributed by atoms with E-state index in [-0.39, 0.29) is 23.8 Å². The second kappa shape index (κ2) is 5.87. The van der Waals surface area contributed by atoms with Crippen LogP contribution in [-0.4, -0.2) is 41.8 Å². The minimum absolute atomic E-state index is 0.0427. The molecule has 4 N–H and O–H groups in total. The summed E-state index contributed by atoms with van der Waals surface area (Å²) in [5.41, 5.74) is 5.95. The maximum Gasteiger partial charge on any atom is 0.405 e. The van der Waals surface area contributed by atoms with Gasteiger partial charge in [0.15, 0.2) is 0 Å². The highest BCUT2D eigenvalue weighted by Gasteiger charge is 2.32. The molecule has 1 heterocycles. The van der Waals surface area contributed by atoms with Crippen LogP contribution in [-0.2, 0) is 0 Å². The molecule has 0 fully saturated rings. The summed E-state index contributed by atoms with van der Waals surface area (Å²) in [6, 6.07) is 3.01. The van der Waals surface area contributed by atoms with E-state index in [1.54, 1.807) is 13.0 Å². The van der Waals surface area contributed by atoms with E-state index in [1.165, 1.54) is 6.07 Å². The van der Waals surface area contributed by atoms with Gasteiger partial charge in [-0.2, -0.15) is 13.2 Å². The largest absolute Gasteiger partial charge is 0.405 e. The third kappa shape index (κ3) is 4.40. The van der Waals surface area contributed by atoms with Crippen LogP contribution in [0.1, 0.15) is 11.3 Å². The molecule has 0 saturated heterocycles. The second-order valence-corrected chi connectivity index (χ2v) is 4.00. The van der Waals surface area contributed by atoms with Crippen molar-refractivity contribution in [2.45, 2.75) is 13.1 Å². The van der Waals surface area contributed by atoms with Gasteiger partial charge in [0.05, 0.1) is 12.2 Å². The first-order valence-corrected chi connectivity index (χ1v) is 5.49. The van der Waals surface area contributed by atoms with Gasteiger partial charge in [0.25, 0.3) is 0 Å². The van der Waals surface area contributed by atoms with Gasteiger partial charge in [-0.05, 0) is 19.1 Å². The molecule has 1 aromatic rings. The molecule has 0 aliphatic carbocycles. The summed E-state index contributed by atoms with van der Waals surface area (Å²) in [5.74, 6) is -0.411. The van der Waals surface area contributed by atoms with E-state index < -0.39 is 19.3 Å². The monoisotopic (exact) mass is 276 g/mol. The number of aliphatic hydroxyl groups excluding tert-OH is 1. The molecule has 0 saturated carbocycles. The predicted octanol–water partition coefficient (Wildman–Crippen LogP) is 1.04. The van der Waals surface area contributed by atoms with Crippen LogP contribution in [0.3, 0.4) is 0 Å². The highest BCUT2D eigenvalue weighted by molar-refractivity contribution is 5.99. The number of aliphatic hydroxyl groups is 1. The lowest BCUT2D eigenvalue weighted by Crippen LogP contribution is -2.38. The smallest absolute Gasteiger partial charge is 0.395 e. The van der Waals surface area contributed by atoms with E-state index in [1.807, 2.05) is 0 Å². The molecule has 0 amide bonds. The maximum atomic E-state index is 12.5. The molecule has 1 aromatic heterocycles. The summed E-state index contributed by atoms with van der Waals surface area (Å²) < 4.78 is 37.5. The van der Waals surface area contributed by atoms with E-state index in [0.717, 1.165) is 4.90 Å². The Bertz CT molecular complexity index is 462. The van der Waals surface area contributed by atoms with Gasteiger partial charge in [0.1, 0.15) is 18.2 Å². The molecule has 8 heteroatoms. The lowest BCUT2D eigenvalue weighted by atomic mass is 10.2. The Kier molecular flexibility index (Phi) is 4.71. The lowest BCUT2D eigenvalue weighted by molar-refractivity contribution is -0.120. The van der Waals surface area contributed by atoms with Crippen molar-refractivity contribution in [3.63, 3.8) is 0 Å². The fourth-order valence-electron chi connectivity index (χ4n) is 1.59. The maximum absolute atomic E-state index is 12.5. The molecular weight excluding hydrogens is 261 g/mol. The summed E-state index contributed by atoms with van der Waals surface area (Å²) in [5, 5.41) is 16.2. The van der Waals surface area contributed by atoms with Crippen LogP contribution in [0.4, 0.5) is 19.0 Å². The zero-order chi connectivity index (χ0) is 14.6. The molecule has 19 heavy (non-hydrogen) atoms. The summed E-state index contributed by atoms with van der Waals surface area (Å²) in [6.45, 7) is -0.332. The number of amidine groups is 1. The van der Waals surface area contributed by atoms with E-state index in [0.29, 0.717) is 5.69 Å². The molecule has 0 unspecified atom stereocenters. The number of anilines is 1. The Labute approximate surface area is 108 Å². The second-order valence-electron chi connectivity index (χ2n) is 4.00. The minimum atomic E-state index is -4.44. The number of aryl methyl sites for hydroxylation is 1. The number of nitrogens with one attached hydrogen (secondary N) is 1. The summed E-state index contributed by atoms with van der Waals surface area (Å²) in [7, 11) is 0. The zero-order valence-corrected chi connectivity index (χ0v) is 10.3. The number of halogens is 3. The van der Waals surface area contributed by atoms with Crippen molar-refractivity contribution in [2.24, 2.45) is 5.73 Å². The summed E-state index contributed by atoms with van der Waals surface area (Å²) >= 11 is 0. The number of rotatable bonds is 5. The van der Waals surface area contributed by atoms with Gasteiger partial charge in [0.2, 0.25) is 0 Å². The number of nitrogens with two attached hydrogens (primary N) is 1. The number of pyridine rings is 1. The molecule has 0 aliphatic rings. The predicted molar refractivity (Wildman–Crippen MR) is 65.3 cm³/mol. The first kappa shape index (κ1) is 15.2. The standard InChI is InChI=1S/C11H15F3N4O/c1-7-2-3-8(9(15)16)10(17-7)18(4-5-19)6-11(12,13)14/h2-3,19H,4-6H2,1H3,(H3,15,16). The molecular formula is C11H15F3N4O. The quantitative estimate of drug-likeness (QED) is 0.554. The van der Waals surface area contributed by atoms with E-state index in [4.69, 9.17) is 16.2 Å². The Morgan fingerprint density at radius 1 is 1.47 bits per heavy atom. The average Bonchev–Trinajstić information content (AvgIpc) is 2.26. The number of aromatic nitrogens is 1. The van der Waals surface area contributed by atoms with Gasteiger partial charge >= 0.3 is 6.18 Å². The molecule has 106 valence electrons. The highest BCUT2D eigenvalue weighted by Crippen LogP contribution is 2.23. The van der Waals surface area contributed by atoms with Crippen molar-refractivity contribution in [1.29, 1.82) is 5.41 Å². The van der Waals surface area contributed by atoms with Crippen molar-refractivity contribution < 1.29 is 18.3 Å². The van der Waals surface area contributed by atoms with Crippen molar-refractivity contribution in [3.05, 3.63) is 23.4 Å². The van der Waals surface area contributed by atoms with Crippen LogP contribution < -0.4 is 10.6 Å². The molecule has 0 aromatic carbocycles. The van der Waals surface area contributed by atoms with E-state index in [9.17, 15) is 13.2 Å². The fourth-order valence-corrected chi connectivity index (χ4v) is 1.59. The fraction of sp³-hybridized carbons (Fsp3) is 0.455. The van der Waals surface area contributed by atoms with Crippen LogP contribution in [0.5, 0.6) is 0 Å². The molecule has 5 nitrogen and oxygen atoms in total. The number of hydrogen-bond acceptors (Lipinski definition) is 4. The van der Waals surface area contributed by atoms with Crippen LogP contribution in [0.15, 0.2) is 12.1 Å². The van der Waals surface area contributed by atoms with Crippen molar-refractivity contribution in [2.75, 3.05) is 24.6 Å². The van der Waals surface area contributed by atoms with Gasteiger partial charge in [-0.15, -0.1) is 0 Å². The molecule has 0 aliphatic heterocycles. The summed E-state index contributed by atoms with van der Waals surface area (Å²) in [6.07, 6.45) is -4.44. The summed E-state index contributed by atoms with van der Waals surface area (Å²) in [4.78, 5) is 4.86. The first-order valence-electron chi connectivity index (χ1n) is 5.49. The Morgan fingerprint density at radius 3 is 2.58 bits per heavy atom. The van der Waals surface area contributed by atoms with Crippen LogP contribution in [0.25, 0.3) is 0 Å². The van der Waals surface area contributed by atoms with Gasteiger partial charge in [-0.25, -0.2) is 4.98 Å². The van der Waals surface area contributed by atoms with Crippen molar-refractivity contribution >= 4 is 11.7 Å². The number of alkyl halides is 3. The number of hydrogen-bond donors (Lipinski definition) is 3. The van der Waals surface area contributed by atoms with Crippen LogP contribution >= 0.6 is 0 Å². The van der Waals surface area contributed by atoms with Crippen LogP contribution in [0, 0.1) is 12.3 Å². The Morgan fingerprint density at radius 2 is 2.11 bits per heavy atom. The first-order chi connectivity index (χ1) is 8.74. The third-order valence-corrected chi connectivity index (χ3v) is 2.34. The van der Waals surface area contributed by atoms with Crippen molar-refractivity contribution in [3.8, 4) is 0 Å². The van der Waals surface area contributed by atoms with E-state index in [2.05, 4.69) is 4.98 Å². The molecule has 0 radical (unpaired) electrons. The zero-order valence-electron chi connectivity index (χ0n) is 10.3. The third-order valence-electron chi connectivity index (χ3n) is 2.34. The lowest BCUT2D eigenvalue weighted by Gasteiger charge is -2.26. The van der Waals surface area contributed by atoms with Gasteiger partial charge in [0, 0.05) is 12.2 Å². The van der Waals surface area contributed by atoms with Gasteiger partial charge in [-0.1, -0.05) is 0 Å². The number of nitrogens with zero attached hydrogens (tertiary/aromatic N) is 2. The molecule has 0 atom stereocenters. The molecule has 0 bridgehead atoms. The minimum Gasteiger partial charge on any atom is -0.395 e. The molecule has 0 spiro atoms. The van der Waals surface area contributed by atoms with Crippen LogP contribution in [0.2, 0.25) is 0 Å². The Balaban J connectivity index is 3.20. The normalized spacial score (nSPS) is 11.4. The van der Waals surface area contributed by atoms with Gasteiger partial charge in [-0.3, -0.25) is 5.41 Å². The van der Waals surface area contributed by atoms with E-state index >= 15 is 0 Å². The topological polar surface area (TPSA) is 86.2 Å². The van der Waals surface area contributed by atoms with Crippen molar-refractivity contribution in [1.82, 2.24) is 4.98 Å². The molecule has 1 rings (SSSR count). The average molecular weight is 276 g/mol. The SMILES string of the molecule is Cc1ccc(C(=N)N)c(N(CCO)CC(F)(F)F)n1.